The zero-order chi connectivity index (χ0) is 19.4. The van der Waals surface area contributed by atoms with Crippen molar-refractivity contribution in [2.24, 2.45) is 28.6 Å². The van der Waals surface area contributed by atoms with Gasteiger partial charge in [0, 0.05) is 10.8 Å². The lowest BCUT2D eigenvalue weighted by atomic mass is 9.46. The van der Waals surface area contributed by atoms with Crippen LogP contribution >= 0.6 is 0 Å². The quantitative estimate of drug-likeness (QED) is 0.724. The Balaban J connectivity index is 1.60. The molecule has 0 aromatic carbocycles. The molecular formula is C22H28O5. The molecule has 0 radical (unpaired) electrons. The molecule has 1 spiro atoms. The molecule has 5 aliphatic rings. The lowest BCUT2D eigenvalue weighted by Gasteiger charge is -2.55. The van der Waals surface area contributed by atoms with Crippen LogP contribution in [0.2, 0.25) is 0 Å². The summed E-state index contributed by atoms with van der Waals surface area (Å²) in [7, 11) is 0. The van der Waals surface area contributed by atoms with E-state index in [9.17, 15) is 19.8 Å². The van der Waals surface area contributed by atoms with E-state index < -0.39 is 23.4 Å². The third kappa shape index (κ3) is 1.73. The first kappa shape index (κ1) is 17.8. The number of carbonyl (C=O) groups excluding carboxylic acids is 2. The van der Waals surface area contributed by atoms with Gasteiger partial charge >= 0.3 is 0 Å². The average molecular weight is 372 g/mol. The lowest BCUT2D eigenvalue weighted by molar-refractivity contribution is -0.165. The molecule has 4 fully saturated rings. The topological polar surface area (TPSA) is 87.1 Å². The predicted octanol–water partition coefficient (Wildman–Crippen LogP) is 1.96. The van der Waals surface area contributed by atoms with Gasteiger partial charge in [0.1, 0.15) is 17.8 Å². The molecule has 5 nitrogen and oxygen atoms in total. The molecule has 1 heterocycles. The Labute approximate surface area is 159 Å². The van der Waals surface area contributed by atoms with Crippen LogP contribution in [-0.2, 0) is 14.3 Å². The Kier molecular flexibility index (Phi) is 3.29. The Morgan fingerprint density at radius 3 is 2.78 bits per heavy atom. The lowest BCUT2D eigenvalue weighted by Crippen LogP contribution is -2.62. The molecule has 0 aromatic heterocycles. The Morgan fingerprint density at radius 2 is 2.07 bits per heavy atom. The average Bonchev–Trinajstić information content (AvgIpc) is 3.31. The Hall–Kier alpha value is -1.30. The molecule has 2 N–H and O–H groups in total. The second kappa shape index (κ2) is 5.00. The number of rotatable bonds is 2. The monoisotopic (exact) mass is 372 g/mol. The SMILES string of the molecule is C[C@@H]1C[C@H]2C3CCC4=CC(=O)C=C[C@]4(C)[C@]34O[C@@H]4C[C@]2(C)[C@@]1(O)C(=O)CO. The van der Waals surface area contributed by atoms with Crippen molar-refractivity contribution in [3.05, 3.63) is 23.8 Å². The fourth-order valence-electron chi connectivity index (χ4n) is 7.70. The van der Waals surface area contributed by atoms with Crippen LogP contribution in [0.3, 0.4) is 0 Å². The molecule has 146 valence electrons. The van der Waals surface area contributed by atoms with Gasteiger partial charge < -0.3 is 14.9 Å². The number of epoxide rings is 1. The molecule has 1 aliphatic heterocycles. The van der Waals surface area contributed by atoms with E-state index in [1.807, 2.05) is 19.9 Å². The van der Waals surface area contributed by atoms with Crippen molar-refractivity contribution in [3.8, 4) is 0 Å². The number of ether oxygens (including phenoxy) is 1. The summed E-state index contributed by atoms with van der Waals surface area (Å²) in [5.74, 6) is -0.193. The largest absolute Gasteiger partial charge is 0.388 e. The van der Waals surface area contributed by atoms with Crippen LogP contribution in [0.1, 0.15) is 46.5 Å². The number of aliphatic hydroxyl groups is 2. The summed E-state index contributed by atoms with van der Waals surface area (Å²) in [5, 5.41) is 21.0. The molecule has 1 unspecified atom stereocenters. The van der Waals surface area contributed by atoms with Gasteiger partial charge in [-0.3, -0.25) is 9.59 Å². The minimum absolute atomic E-state index is 0.0291. The maximum Gasteiger partial charge on any atom is 0.190 e. The minimum atomic E-state index is -1.50. The van der Waals surface area contributed by atoms with Gasteiger partial charge in [0.15, 0.2) is 11.6 Å². The van der Waals surface area contributed by atoms with Crippen LogP contribution in [0, 0.1) is 28.6 Å². The molecule has 27 heavy (non-hydrogen) atoms. The van der Waals surface area contributed by atoms with E-state index in [0.717, 1.165) is 24.8 Å². The number of Topliss-reactive ketones (excluding diaryl/α,β-unsaturated/α-hetero) is 1. The summed E-state index contributed by atoms with van der Waals surface area (Å²) in [6, 6.07) is 0. The maximum absolute atomic E-state index is 12.6. The second-order valence-corrected chi connectivity index (χ2v) is 9.86. The molecule has 0 amide bonds. The standard InChI is InChI=1S/C22H28O5/c1-12-8-16-15-5-4-13-9-14(24)6-7-19(13,2)22(15)18(27-22)10-20(16,3)21(12,26)17(25)11-23/h6-7,9,12,15-16,18,23,26H,4-5,8,10-11H2,1-3H3/t12-,15?,16+,18-,19+,20+,21+,22+/m1/s1. The third-order valence-corrected chi connectivity index (χ3v) is 9.08. The van der Waals surface area contributed by atoms with Crippen LogP contribution in [0.15, 0.2) is 23.8 Å². The van der Waals surface area contributed by atoms with Gasteiger partial charge in [-0.15, -0.1) is 0 Å². The zero-order valence-electron chi connectivity index (χ0n) is 16.2. The molecule has 5 heteroatoms. The van der Waals surface area contributed by atoms with E-state index in [4.69, 9.17) is 4.74 Å². The third-order valence-electron chi connectivity index (χ3n) is 9.08. The first-order chi connectivity index (χ1) is 12.6. The van der Waals surface area contributed by atoms with Crippen LogP contribution in [0.4, 0.5) is 0 Å². The van der Waals surface area contributed by atoms with Gasteiger partial charge in [0.05, 0.1) is 6.10 Å². The molecule has 8 atom stereocenters. The fourth-order valence-corrected chi connectivity index (χ4v) is 7.70. The summed E-state index contributed by atoms with van der Waals surface area (Å²) < 4.78 is 6.43. The van der Waals surface area contributed by atoms with E-state index in [0.29, 0.717) is 6.42 Å². The smallest absolute Gasteiger partial charge is 0.190 e. The number of hydrogen-bond donors (Lipinski definition) is 2. The first-order valence-electron chi connectivity index (χ1n) is 10.1. The van der Waals surface area contributed by atoms with Crippen molar-refractivity contribution in [1.82, 2.24) is 0 Å². The minimum Gasteiger partial charge on any atom is -0.388 e. The molecular weight excluding hydrogens is 344 g/mol. The van der Waals surface area contributed by atoms with Gasteiger partial charge in [-0.25, -0.2) is 0 Å². The molecule has 5 rings (SSSR count). The Bertz CT molecular complexity index is 814. The van der Waals surface area contributed by atoms with Gasteiger partial charge in [-0.1, -0.05) is 25.5 Å². The highest BCUT2D eigenvalue weighted by atomic mass is 16.6. The van der Waals surface area contributed by atoms with E-state index >= 15 is 0 Å². The van der Waals surface area contributed by atoms with Gasteiger partial charge in [-0.2, -0.15) is 0 Å². The van der Waals surface area contributed by atoms with Crippen molar-refractivity contribution in [2.45, 2.75) is 63.8 Å². The van der Waals surface area contributed by atoms with E-state index in [1.54, 1.807) is 12.2 Å². The van der Waals surface area contributed by atoms with Crippen molar-refractivity contribution < 1.29 is 24.5 Å². The molecule has 4 aliphatic carbocycles. The van der Waals surface area contributed by atoms with Crippen molar-refractivity contribution in [3.63, 3.8) is 0 Å². The van der Waals surface area contributed by atoms with Crippen LogP contribution in [-0.4, -0.2) is 45.7 Å². The highest BCUT2D eigenvalue weighted by Crippen LogP contribution is 2.76. The molecule has 1 saturated heterocycles. The first-order valence-corrected chi connectivity index (χ1v) is 10.1. The summed E-state index contributed by atoms with van der Waals surface area (Å²) in [4.78, 5) is 24.5. The summed E-state index contributed by atoms with van der Waals surface area (Å²) in [6.07, 6.45) is 8.58. The van der Waals surface area contributed by atoms with Crippen LogP contribution < -0.4 is 0 Å². The predicted molar refractivity (Wildman–Crippen MR) is 97.7 cm³/mol. The number of aliphatic hydroxyl groups excluding tert-OH is 1. The van der Waals surface area contributed by atoms with Crippen LogP contribution in [0.5, 0.6) is 0 Å². The summed E-state index contributed by atoms with van der Waals surface area (Å²) in [5.41, 5.74) is -1.55. The summed E-state index contributed by atoms with van der Waals surface area (Å²) in [6.45, 7) is 5.51. The van der Waals surface area contributed by atoms with E-state index in [2.05, 4.69) is 6.92 Å². The fraction of sp³-hybridized carbons (Fsp3) is 0.727. The van der Waals surface area contributed by atoms with E-state index in [-0.39, 0.29) is 40.7 Å². The number of allylic oxidation sites excluding steroid dienone is 2. The highest BCUT2D eigenvalue weighted by Gasteiger charge is 2.81. The van der Waals surface area contributed by atoms with Crippen molar-refractivity contribution in [1.29, 1.82) is 0 Å². The highest BCUT2D eigenvalue weighted by molar-refractivity contribution is 6.01. The number of carbonyl (C=O) groups is 2. The van der Waals surface area contributed by atoms with Gasteiger partial charge in [-0.05, 0) is 62.5 Å². The van der Waals surface area contributed by atoms with Gasteiger partial charge in [0.2, 0.25) is 0 Å². The zero-order valence-corrected chi connectivity index (χ0v) is 16.2. The number of ketones is 2. The van der Waals surface area contributed by atoms with E-state index in [1.165, 1.54) is 0 Å². The Morgan fingerprint density at radius 1 is 1.33 bits per heavy atom. The van der Waals surface area contributed by atoms with Crippen molar-refractivity contribution in [2.75, 3.05) is 6.61 Å². The molecule has 0 bridgehead atoms. The number of hydrogen-bond acceptors (Lipinski definition) is 5. The van der Waals surface area contributed by atoms with Crippen molar-refractivity contribution >= 4 is 11.6 Å². The normalized spacial score (nSPS) is 55.1. The second-order valence-electron chi connectivity index (χ2n) is 9.86. The number of fused-ring (bicyclic) bond motifs is 3. The maximum atomic E-state index is 12.6. The molecule has 3 saturated carbocycles. The molecule has 0 aromatic rings. The summed E-state index contributed by atoms with van der Waals surface area (Å²) >= 11 is 0. The van der Waals surface area contributed by atoms with Crippen LogP contribution in [0.25, 0.3) is 0 Å². The van der Waals surface area contributed by atoms with Gasteiger partial charge in [0.25, 0.3) is 0 Å².